The zero-order valence-electron chi connectivity index (χ0n) is 17.5. The summed E-state index contributed by atoms with van der Waals surface area (Å²) in [4.78, 5) is 23.4. The summed E-state index contributed by atoms with van der Waals surface area (Å²) in [5.41, 5.74) is 7.32. The quantitative estimate of drug-likeness (QED) is 0.580. The fourth-order valence-electron chi connectivity index (χ4n) is 3.78. The van der Waals surface area contributed by atoms with Crippen LogP contribution < -0.4 is 11.1 Å². The van der Waals surface area contributed by atoms with Crippen molar-refractivity contribution >= 4 is 17.4 Å². The van der Waals surface area contributed by atoms with Crippen LogP contribution in [0.25, 0.3) is 0 Å². The first-order valence-corrected chi connectivity index (χ1v) is 10.0. The number of anilines is 2. The lowest BCUT2D eigenvalue weighted by Crippen LogP contribution is -2.37. The highest BCUT2D eigenvalue weighted by Gasteiger charge is 2.32. The number of hydrogen-bond acceptors (Lipinski definition) is 6. The van der Waals surface area contributed by atoms with Crippen LogP contribution in [0.4, 0.5) is 24.7 Å². The fourth-order valence-corrected chi connectivity index (χ4v) is 3.78. The maximum Gasteiger partial charge on any atom is 0.416 e. The van der Waals surface area contributed by atoms with Crippen molar-refractivity contribution in [3.8, 4) is 0 Å². The van der Waals surface area contributed by atoms with E-state index in [9.17, 15) is 18.0 Å². The van der Waals surface area contributed by atoms with E-state index in [0.29, 0.717) is 35.7 Å². The van der Waals surface area contributed by atoms with Crippen molar-refractivity contribution in [3.05, 3.63) is 70.6 Å². The number of carbonyl (C=O) groups is 1. The topological polar surface area (TPSA) is 97.3 Å². The number of hydrogen-bond donors (Lipinski definition) is 2. The average molecular weight is 445 g/mol. The van der Waals surface area contributed by atoms with Gasteiger partial charge in [0.15, 0.2) is 0 Å². The van der Waals surface area contributed by atoms with Gasteiger partial charge in [-0.25, -0.2) is 9.97 Å². The van der Waals surface area contributed by atoms with Crippen LogP contribution in [0.2, 0.25) is 0 Å². The minimum atomic E-state index is -4.50. The number of nitrogens with one attached hydrogen (secondary N) is 1. The Kier molecular flexibility index (Phi) is 5.53. The van der Waals surface area contributed by atoms with E-state index in [1.165, 1.54) is 18.6 Å². The summed E-state index contributed by atoms with van der Waals surface area (Å²) in [5.74, 6) is 0.854. The van der Waals surface area contributed by atoms with Crippen molar-refractivity contribution < 1.29 is 22.4 Å². The molecule has 32 heavy (non-hydrogen) atoms. The molecule has 0 saturated heterocycles. The largest absolute Gasteiger partial charge is 0.472 e. The number of nitrogens with two attached hydrogens (primary N) is 1. The molecule has 168 valence electrons. The second-order valence-electron chi connectivity index (χ2n) is 7.79. The number of fused-ring (bicyclic) bond motifs is 1. The van der Waals surface area contributed by atoms with Crippen molar-refractivity contribution in [3.63, 3.8) is 0 Å². The molecule has 1 atom stereocenters. The van der Waals surface area contributed by atoms with E-state index in [0.717, 1.165) is 23.4 Å². The Labute approximate surface area is 182 Å². The molecule has 2 aromatic heterocycles. The van der Waals surface area contributed by atoms with Gasteiger partial charge in [0.25, 0.3) is 5.91 Å². The van der Waals surface area contributed by atoms with E-state index < -0.39 is 17.8 Å². The van der Waals surface area contributed by atoms with E-state index in [1.807, 2.05) is 0 Å². The zero-order valence-corrected chi connectivity index (χ0v) is 17.5. The third-order valence-electron chi connectivity index (χ3n) is 5.39. The van der Waals surface area contributed by atoms with Gasteiger partial charge in [0.1, 0.15) is 17.9 Å². The van der Waals surface area contributed by atoms with Gasteiger partial charge in [-0.3, -0.25) is 4.79 Å². The molecule has 0 unspecified atom stereocenters. The molecule has 0 fully saturated rings. The zero-order chi connectivity index (χ0) is 23.0. The third-order valence-corrected chi connectivity index (χ3v) is 5.39. The van der Waals surface area contributed by atoms with Gasteiger partial charge in [0.05, 0.1) is 35.7 Å². The Hall–Kier alpha value is -3.56. The van der Waals surface area contributed by atoms with E-state index in [2.05, 4.69) is 15.3 Å². The second kappa shape index (κ2) is 8.18. The normalized spacial score (nSPS) is 14.7. The Morgan fingerprint density at radius 2 is 2.06 bits per heavy atom. The number of amides is 1. The summed E-state index contributed by atoms with van der Waals surface area (Å²) in [6.45, 7) is 4.25. The molecule has 10 heteroatoms. The average Bonchev–Trinajstić information content (AvgIpc) is 3.26. The molecule has 0 spiro atoms. The maximum absolute atomic E-state index is 13.2. The summed E-state index contributed by atoms with van der Waals surface area (Å²) in [5, 5.41) is 3.20. The molecule has 0 saturated carbocycles. The first kappa shape index (κ1) is 21.7. The molecule has 3 heterocycles. The molecule has 3 N–H and O–H groups in total. The van der Waals surface area contributed by atoms with Gasteiger partial charge < -0.3 is 20.4 Å². The van der Waals surface area contributed by atoms with Crippen molar-refractivity contribution in [1.82, 2.24) is 14.9 Å². The lowest BCUT2D eigenvalue weighted by atomic mass is 10.0. The summed E-state index contributed by atoms with van der Waals surface area (Å²) in [6, 6.07) is 4.57. The highest BCUT2D eigenvalue weighted by atomic mass is 19.4. The Balaban J connectivity index is 1.62. The number of nitrogens with zero attached hydrogens (tertiary/aromatic N) is 3. The maximum atomic E-state index is 13.2. The first-order chi connectivity index (χ1) is 15.1. The number of carbonyl (C=O) groups excluding carboxylic acids is 1. The predicted molar refractivity (Wildman–Crippen MR) is 112 cm³/mol. The Morgan fingerprint density at radius 3 is 2.75 bits per heavy atom. The Bertz CT molecular complexity index is 1150. The number of aromatic nitrogens is 2. The van der Waals surface area contributed by atoms with Gasteiger partial charge in [0.2, 0.25) is 0 Å². The molecular formula is C22H22F3N5O2. The predicted octanol–water partition coefficient (Wildman–Crippen LogP) is 4.35. The molecule has 1 amide bonds. The van der Waals surface area contributed by atoms with Crippen molar-refractivity contribution in [2.75, 3.05) is 17.6 Å². The van der Waals surface area contributed by atoms with Gasteiger partial charge in [-0.15, -0.1) is 0 Å². The molecule has 3 aromatic rings. The van der Waals surface area contributed by atoms with Gasteiger partial charge in [-0.05, 0) is 43.7 Å². The Morgan fingerprint density at radius 1 is 1.28 bits per heavy atom. The number of rotatable bonds is 4. The van der Waals surface area contributed by atoms with Crippen molar-refractivity contribution in [2.45, 2.75) is 39.0 Å². The summed E-state index contributed by atoms with van der Waals surface area (Å²) in [7, 11) is 0. The fraction of sp³-hybridized carbons (Fsp3) is 0.318. The number of halogens is 3. The van der Waals surface area contributed by atoms with E-state index in [1.54, 1.807) is 24.8 Å². The van der Waals surface area contributed by atoms with Crippen LogP contribution >= 0.6 is 0 Å². The molecule has 4 rings (SSSR count). The van der Waals surface area contributed by atoms with E-state index in [-0.39, 0.29) is 18.1 Å². The van der Waals surface area contributed by atoms with Gasteiger partial charge in [0, 0.05) is 24.2 Å². The van der Waals surface area contributed by atoms with Gasteiger partial charge in [-0.2, -0.15) is 13.2 Å². The van der Waals surface area contributed by atoms with Gasteiger partial charge >= 0.3 is 6.18 Å². The van der Waals surface area contributed by atoms with Crippen LogP contribution in [-0.4, -0.2) is 27.3 Å². The minimum Gasteiger partial charge on any atom is -0.472 e. The van der Waals surface area contributed by atoms with E-state index >= 15 is 0 Å². The second-order valence-corrected chi connectivity index (χ2v) is 7.79. The SMILES string of the molecule is Cc1nc2c(c(N[C@H](C)c3cc(N)cc(C(F)(F)F)c3)n1)CN(C(=O)c1ccoc1)CC2. The first-order valence-electron chi connectivity index (χ1n) is 10.0. The number of benzene rings is 1. The number of furan rings is 1. The molecule has 7 nitrogen and oxygen atoms in total. The van der Waals surface area contributed by atoms with Crippen molar-refractivity contribution in [1.29, 1.82) is 0 Å². The summed E-state index contributed by atoms with van der Waals surface area (Å²) < 4.78 is 44.6. The van der Waals surface area contributed by atoms with Crippen LogP contribution in [0.5, 0.6) is 0 Å². The van der Waals surface area contributed by atoms with Crippen LogP contribution in [-0.2, 0) is 19.1 Å². The lowest BCUT2D eigenvalue weighted by Gasteiger charge is -2.30. The number of nitrogen functional groups attached to an aromatic ring is 1. The highest BCUT2D eigenvalue weighted by molar-refractivity contribution is 5.94. The molecule has 1 aliphatic heterocycles. The van der Waals surface area contributed by atoms with E-state index in [4.69, 9.17) is 10.2 Å². The molecular weight excluding hydrogens is 423 g/mol. The minimum absolute atomic E-state index is 0.0289. The van der Waals surface area contributed by atoms with Crippen LogP contribution in [0, 0.1) is 6.92 Å². The summed E-state index contributed by atoms with van der Waals surface area (Å²) >= 11 is 0. The summed E-state index contributed by atoms with van der Waals surface area (Å²) in [6.07, 6.45) is -1.12. The van der Waals surface area contributed by atoms with Gasteiger partial charge in [-0.1, -0.05) is 0 Å². The molecule has 0 aliphatic carbocycles. The number of aryl methyl sites for hydroxylation is 1. The molecule has 1 aromatic carbocycles. The number of alkyl halides is 3. The smallest absolute Gasteiger partial charge is 0.416 e. The molecule has 0 radical (unpaired) electrons. The highest BCUT2D eigenvalue weighted by Crippen LogP contribution is 2.34. The monoisotopic (exact) mass is 445 g/mol. The molecule has 0 bridgehead atoms. The van der Waals surface area contributed by atoms with Crippen LogP contribution in [0.15, 0.2) is 41.2 Å². The molecule has 1 aliphatic rings. The standard InChI is InChI=1S/C22H22F3N5O2/c1-12(15-7-16(22(23,24)25)9-17(26)8-15)27-20-18-10-30(21(31)14-4-6-32-11-14)5-3-19(18)28-13(2)29-20/h4,6-9,11-12H,3,5,10,26H2,1-2H3,(H,27,28,29)/t12-/m1/s1. The van der Waals surface area contributed by atoms with Crippen LogP contribution in [0.3, 0.4) is 0 Å². The van der Waals surface area contributed by atoms with Crippen molar-refractivity contribution in [2.24, 2.45) is 0 Å². The lowest BCUT2D eigenvalue weighted by molar-refractivity contribution is -0.137. The van der Waals surface area contributed by atoms with Crippen LogP contribution in [0.1, 0.15) is 51.5 Å². The third kappa shape index (κ3) is 4.39.